The van der Waals surface area contributed by atoms with Crippen LogP contribution in [0.2, 0.25) is 0 Å². The molecular weight excluding hydrogens is 398 g/mol. The number of ketones is 1. The summed E-state index contributed by atoms with van der Waals surface area (Å²) in [7, 11) is 0. The minimum absolute atomic E-state index is 0.0861. The zero-order valence-electron chi connectivity index (χ0n) is 17.7. The Bertz CT molecular complexity index is 859. The highest BCUT2D eigenvalue weighted by Crippen LogP contribution is 2.61. The molecule has 4 aliphatic carbocycles. The van der Waals surface area contributed by atoms with E-state index in [0.717, 1.165) is 37.0 Å². The highest BCUT2D eigenvalue weighted by molar-refractivity contribution is 5.98. The molecule has 0 atom stereocenters. The van der Waals surface area contributed by atoms with Crippen LogP contribution in [0.15, 0.2) is 18.2 Å². The maximum absolute atomic E-state index is 12.5. The second-order valence-corrected chi connectivity index (χ2v) is 9.81. The quantitative estimate of drug-likeness (QED) is 0.532. The summed E-state index contributed by atoms with van der Waals surface area (Å²) < 4.78 is 16.0. The SMILES string of the molecule is O=C(CC12CC3CC(CC(C3)C1)C2)NCC(=O)OCC(=O)c1ccc2c(c1)OCCO2. The van der Waals surface area contributed by atoms with Crippen LogP contribution in [0.4, 0.5) is 0 Å². The first-order valence-corrected chi connectivity index (χ1v) is 11.3. The fourth-order valence-corrected chi connectivity index (χ4v) is 6.58. The van der Waals surface area contributed by atoms with Crippen molar-refractivity contribution in [3.63, 3.8) is 0 Å². The van der Waals surface area contributed by atoms with E-state index in [1.165, 1.54) is 19.3 Å². The van der Waals surface area contributed by atoms with E-state index in [1.54, 1.807) is 18.2 Å². The first-order valence-electron chi connectivity index (χ1n) is 11.3. The Morgan fingerprint density at radius 2 is 1.61 bits per heavy atom. The Balaban J connectivity index is 1.07. The molecule has 6 rings (SSSR count). The number of amides is 1. The van der Waals surface area contributed by atoms with E-state index in [9.17, 15) is 14.4 Å². The molecule has 31 heavy (non-hydrogen) atoms. The van der Waals surface area contributed by atoms with Crippen molar-refractivity contribution in [3.05, 3.63) is 23.8 Å². The number of carbonyl (C=O) groups is 3. The highest BCUT2D eigenvalue weighted by atomic mass is 16.6. The summed E-state index contributed by atoms with van der Waals surface area (Å²) in [6.07, 6.45) is 7.97. The molecule has 7 nitrogen and oxygen atoms in total. The second kappa shape index (κ2) is 8.17. The Morgan fingerprint density at radius 1 is 0.968 bits per heavy atom. The predicted molar refractivity (Wildman–Crippen MR) is 111 cm³/mol. The van der Waals surface area contributed by atoms with E-state index in [4.69, 9.17) is 14.2 Å². The van der Waals surface area contributed by atoms with E-state index in [2.05, 4.69) is 5.32 Å². The molecule has 1 N–H and O–H groups in total. The first-order chi connectivity index (χ1) is 15.0. The maximum atomic E-state index is 12.5. The maximum Gasteiger partial charge on any atom is 0.325 e. The minimum atomic E-state index is -0.607. The Kier molecular flexibility index (Phi) is 5.36. The second-order valence-electron chi connectivity index (χ2n) is 9.81. The van der Waals surface area contributed by atoms with Crippen molar-refractivity contribution in [1.29, 1.82) is 0 Å². The number of benzene rings is 1. The van der Waals surface area contributed by atoms with Gasteiger partial charge in [0.25, 0.3) is 0 Å². The summed E-state index contributed by atoms with van der Waals surface area (Å²) in [5.74, 6) is 2.45. The van der Waals surface area contributed by atoms with Crippen LogP contribution in [0.3, 0.4) is 0 Å². The van der Waals surface area contributed by atoms with Gasteiger partial charge in [-0.15, -0.1) is 0 Å². The van der Waals surface area contributed by atoms with Gasteiger partial charge in [-0.2, -0.15) is 0 Å². The normalized spacial score (nSPS) is 30.0. The number of hydrogen-bond donors (Lipinski definition) is 1. The van der Waals surface area contributed by atoms with Crippen LogP contribution in [-0.2, 0) is 14.3 Å². The Labute approximate surface area is 181 Å². The molecule has 5 aliphatic rings. The van der Waals surface area contributed by atoms with E-state index in [1.807, 2.05) is 0 Å². The van der Waals surface area contributed by atoms with Crippen molar-refractivity contribution in [3.8, 4) is 11.5 Å². The van der Waals surface area contributed by atoms with Gasteiger partial charge in [0, 0.05) is 12.0 Å². The molecule has 1 aliphatic heterocycles. The fraction of sp³-hybridized carbons (Fsp3) is 0.625. The topological polar surface area (TPSA) is 90.9 Å². The van der Waals surface area contributed by atoms with Gasteiger partial charge in [0.15, 0.2) is 23.9 Å². The van der Waals surface area contributed by atoms with E-state index in [0.29, 0.717) is 36.7 Å². The zero-order chi connectivity index (χ0) is 21.4. The number of carbonyl (C=O) groups excluding carboxylic acids is 3. The number of hydrogen-bond acceptors (Lipinski definition) is 6. The zero-order valence-corrected chi connectivity index (χ0v) is 17.7. The van der Waals surface area contributed by atoms with Gasteiger partial charge in [-0.05, 0) is 79.9 Å². The molecule has 1 aromatic rings. The molecule has 1 amide bonds. The van der Waals surface area contributed by atoms with Crippen LogP contribution in [-0.4, -0.2) is 44.0 Å². The van der Waals surface area contributed by atoms with Gasteiger partial charge in [0.2, 0.25) is 5.91 Å². The molecule has 0 saturated heterocycles. The van der Waals surface area contributed by atoms with Crippen LogP contribution in [0.5, 0.6) is 11.5 Å². The van der Waals surface area contributed by atoms with Crippen LogP contribution < -0.4 is 14.8 Å². The fourth-order valence-electron chi connectivity index (χ4n) is 6.58. The summed E-state index contributed by atoms with van der Waals surface area (Å²) >= 11 is 0. The number of esters is 1. The molecule has 4 bridgehead atoms. The molecule has 0 unspecified atom stereocenters. The Morgan fingerprint density at radius 3 is 2.29 bits per heavy atom. The lowest BCUT2D eigenvalue weighted by Gasteiger charge is -2.56. The molecule has 4 fully saturated rings. The third-order valence-electron chi connectivity index (χ3n) is 7.36. The summed E-state index contributed by atoms with van der Waals surface area (Å²) in [6.45, 7) is 0.331. The number of nitrogens with one attached hydrogen (secondary N) is 1. The van der Waals surface area contributed by atoms with Crippen molar-refractivity contribution < 1.29 is 28.6 Å². The van der Waals surface area contributed by atoms with Gasteiger partial charge in [-0.1, -0.05) is 0 Å². The lowest BCUT2D eigenvalue weighted by Crippen LogP contribution is -2.48. The molecule has 0 spiro atoms. The molecule has 7 heteroatoms. The molecule has 0 radical (unpaired) electrons. The standard InChI is InChI=1S/C24H29NO6/c26-19(18-1-2-20-21(8-18)30-4-3-29-20)14-31-23(28)13-25-22(27)12-24-9-15-5-16(10-24)7-17(6-15)11-24/h1-2,8,15-17H,3-7,9-14H2,(H,25,27). The van der Waals surface area contributed by atoms with Crippen molar-refractivity contribution in [2.45, 2.75) is 44.9 Å². The minimum Gasteiger partial charge on any atom is -0.486 e. The van der Waals surface area contributed by atoms with Gasteiger partial charge in [-0.25, -0.2) is 0 Å². The molecular formula is C24H29NO6. The van der Waals surface area contributed by atoms with E-state index in [-0.39, 0.29) is 30.3 Å². The Hall–Kier alpha value is -2.57. The van der Waals surface area contributed by atoms with Crippen molar-refractivity contribution in [1.82, 2.24) is 5.32 Å². The van der Waals surface area contributed by atoms with Crippen molar-refractivity contribution in [2.24, 2.45) is 23.2 Å². The van der Waals surface area contributed by atoms with Crippen molar-refractivity contribution >= 4 is 17.7 Å². The van der Waals surface area contributed by atoms with Crippen LogP contribution >= 0.6 is 0 Å². The molecule has 1 aromatic carbocycles. The third kappa shape index (κ3) is 4.41. The van der Waals surface area contributed by atoms with Gasteiger partial charge >= 0.3 is 5.97 Å². The van der Waals surface area contributed by atoms with Gasteiger partial charge in [0.1, 0.15) is 19.8 Å². The van der Waals surface area contributed by atoms with Gasteiger partial charge in [-0.3, -0.25) is 14.4 Å². The lowest BCUT2D eigenvalue weighted by molar-refractivity contribution is -0.143. The summed E-state index contributed by atoms with van der Waals surface area (Å²) in [5, 5.41) is 2.70. The van der Waals surface area contributed by atoms with Crippen LogP contribution in [0, 0.1) is 23.2 Å². The lowest BCUT2D eigenvalue weighted by atomic mass is 9.49. The average molecular weight is 427 g/mol. The molecule has 4 saturated carbocycles. The number of rotatable bonds is 7. The van der Waals surface area contributed by atoms with Gasteiger partial charge in [0.05, 0.1) is 0 Å². The third-order valence-corrected chi connectivity index (χ3v) is 7.36. The van der Waals surface area contributed by atoms with E-state index < -0.39 is 5.97 Å². The summed E-state index contributed by atoms with van der Waals surface area (Å²) in [6, 6.07) is 4.89. The average Bonchev–Trinajstić information content (AvgIpc) is 2.74. The largest absolute Gasteiger partial charge is 0.486 e. The number of Topliss-reactive ketones (excluding diaryl/α,β-unsaturated/α-hetero) is 1. The number of fused-ring (bicyclic) bond motifs is 1. The summed E-state index contributed by atoms with van der Waals surface area (Å²) in [4.78, 5) is 36.9. The molecule has 166 valence electrons. The van der Waals surface area contributed by atoms with Crippen LogP contribution in [0.1, 0.15) is 55.3 Å². The van der Waals surface area contributed by atoms with Crippen molar-refractivity contribution in [2.75, 3.05) is 26.4 Å². The molecule has 0 aromatic heterocycles. The predicted octanol–water partition coefficient (Wildman–Crippen LogP) is 2.91. The highest BCUT2D eigenvalue weighted by Gasteiger charge is 2.51. The van der Waals surface area contributed by atoms with Crippen LogP contribution in [0.25, 0.3) is 0 Å². The first kappa shape index (κ1) is 20.3. The van der Waals surface area contributed by atoms with E-state index >= 15 is 0 Å². The monoisotopic (exact) mass is 427 g/mol. The smallest absolute Gasteiger partial charge is 0.325 e. The number of ether oxygens (including phenoxy) is 3. The molecule has 1 heterocycles. The van der Waals surface area contributed by atoms with Gasteiger partial charge < -0.3 is 19.5 Å². The summed E-state index contributed by atoms with van der Waals surface area (Å²) in [5.41, 5.74) is 0.527.